The lowest BCUT2D eigenvalue weighted by Gasteiger charge is -2.33. The number of nitrogens with zero attached hydrogens (tertiary/aromatic N) is 5. The highest BCUT2D eigenvalue weighted by molar-refractivity contribution is 5.61. The molecule has 1 atom stereocenters. The van der Waals surface area contributed by atoms with E-state index in [9.17, 15) is 0 Å². The molecule has 1 fully saturated rings. The van der Waals surface area contributed by atoms with E-state index in [0.29, 0.717) is 6.04 Å². The summed E-state index contributed by atoms with van der Waals surface area (Å²) in [7, 11) is 0. The monoisotopic (exact) mass is 308 g/mol. The fourth-order valence-electron chi connectivity index (χ4n) is 3.21. The van der Waals surface area contributed by atoms with E-state index < -0.39 is 0 Å². The molecule has 0 spiro atoms. The molecule has 3 aromatic rings. The van der Waals surface area contributed by atoms with Gasteiger partial charge in [0.15, 0.2) is 5.82 Å². The highest BCUT2D eigenvalue weighted by atomic mass is 15.3. The van der Waals surface area contributed by atoms with Gasteiger partial charge in [0, 0.05) is 31.5 Å². The van der Waals surface area contributed by atoms with Crippen molar-refractivity contribution in [2.75, 3.05) is 18.4 Å². The van der Waals surface area contributed by atoms with Crippen LogP contribution in [0.15, 0.2) is 49.1 Å². The predicted molar refractivity (Wildman–Crippen MR) is 89.1 cm³/mol. The minimum absolute atomic E-state index is 0.392. The second-order valence-electron chi connectivity index (χ2n) is 6.04. The van der Waals surface area contributed by atoms with Crippen LogP contribution in [0.1, 0.15) is 18.4 Å². The maximum atomic E-state index is 4.43. The van der Waals surface area contributed by atoms with E-state index in [2.05, 4.69) is 55.7 Å². The molecule has 1 N–H and O–H groups in total. The number of hydrogen-bond donors (Lipinski definition) is 1. The number of nitrogens with one attached hydrogen (secondary N) is 1. The van der Waals surface area contributed by atoms with Gasteiger partial charge in [-0.1, -0.05) is 30.3 Å². The molecule has 4 rings (SSSR count). The van der Waals surface area contributed by atoms with Gasteiger partial charge in [0.2, 0.25) is 5.65 Å². The Hall–Kier alpha value is -2.47. The Morgan fingerprint density at radius 3 is 3.04 bits per heavy atom. The molecule has 0 bridgehead atoms. The highest BCUT2D eigenvalue weighted by Crippen LogP contribution is 2.18. The largest absolute Gasteiger partial charge is 0.363 e. The van der Waals surface area contributed by atoms with Crippen LogP contribution >= 0.6 is 0 Å². The Labute approximate surface area is 135 Å². The molecule has 6 nitrogen and oxygen atoms in total. The van der Waals surface area contributed by atoms with Crippen LogP contribution in [0.25, 0.3) is 5.65 Å². The third-order valence-electron chi connectivity index (χ3n) is 4.31. The quantitative estimate of drug-likeness (QED) is 0.801. The van der Waals surface area contributed by atoms with Crippen molar-refractivity contribution in [1.82, 2.24) is 24.5 Å². The van der Waals surface area contributed by atoms with Crippen LogP contribution in [0.2, 0.25) is 0 Å². The average molecular weight is 308 g/mol. The summed E-state index contributed by atoms with van der Waals surface area (Å²) in [6.45, 7) is 3.17. The molecule has 1 aliphatic heterocycles. The number of rotatable bonds is 4. The molecular weight excluding hydrogens is 288 g/mol. The zero-order chi connectivity index (χ0) is 15.5. The Kier molecular flexibility index (Phi) is 3.90. The first kappa shape index (κ1) is 14.1. The number of hydrogen-bond acceptors (Lipinski definition) is 5. The van der Waals surface area contributed by atoms with Crippen molar-refractivity contribution < 1.29 is 0 Å². The van der Waals surface area contributed by atoms with E-state index in [1.54, 1.807) is 12.5 Å². The zero-order valence-electron chi connectivity index (χ0n) is 13.0. The standard InChI is InChI=1S/C17H20N6/c1-2-5-14(6-3-1)11-22-9-4-7-15(12-22)20-16-17-21-19-13-23(17)10-8-18-16/h1-3,5-6,8,10,13,15H,4,7,9,11-12H2,(H,18,20)/t15-/m0/s1. The molecule has 6 heteroatoms. The molecule has 118 valence electrons. The first-order valence-corrected chi connectivity index (χ1v) is 8.06. The van der Waals surface area contributed by atoms with E-state index in [1.165, 1.54) is 12.0 Å². The van der Waals surface area contributed by atoms with E-state index in [1.807, 2.05) is 10.6 Å². The molecule has 1 aliphatic rings. The average Bonchev–Trinajstić information content (AvgIpc) is 3.06. The van der Waals surface area contributed by atoms with Crippen LogP contribution in [0.5, 0.6) is 0 Å². The minimum Gasteiger partial charge on any atom is -0.363 e. The summed E-state index contributed by atoms with van der Waals surface area (Å²) in [5.41, 5.74) is 2.15. The molecule has 0 radical (unpaired) electrons. The van der Waals surface area contributed by atoms with Crippen molar-refractivity contribution in [3.8, 4) is 0 Å². The van der Waals surface area contributed by atoms with Crippen molar-refractivity contribution in [3.63, 3.8) is 0 Å². The predicted octanol–water partition coefficient (Wildman–Crippen LogP) is 2.20. The van der Waals surface area contributed by atoms with Gasteiger partial charge in [0.25, 0.3) is 0 Å². The molecule has 2 aromatic heterocycles. The van der Waals surface area contributed by atoms with Crippen molar-refractivity contribution in [3.05, 3.63) is 54.6 Å². The lowest BCUT2D eigenvalue weighted by atomic mass is 10.0. The van der Waals surface area contributed by atoms with Crippen molar-refractivity contribution in [2.24, 2.45) is 0 Å². The lowest BCUT2D eigenvalue weighted by Crippen LogP contribution is -2.41. The third kappa shape index (κ3) is 3.17. The van der Waals surface area contributed by atoms with Crippen molar-refractivity contribution in [1.29, 1.82) is 0 Å². The number of anilines is 1. The van der Waals surface area contributed by atoms with Gasteiger partial charge in [-0.15, -0.1) is 10.2 Å². The van der Waals surface area contributed by atoms with Crippen molar-refractivity contribution in [2.45, 2.75) is 25.4 Å². The fraction of sp³-hybridized carbons (Fsp3) is 0.353. The highest BCUT2D eigenvalue weighted by Gasteiger charge is 2.21. The summed E-state index contributed by atoms with van der Waals surface area (Å²) >= 11 is 0. The van der Waals surface area contributed by atoms with Crippen LogP contribution in [-0.2, 0) is 6.54 Å². The Morgan fingerprint density at radius 1 is 1.22 bits per heavy atom. The third-order valence-corrected chi connectivity index (χ3v) is 4.31. The van der Waals surface area contributed by atoms with Crippen LogP contribution in [0.3, 0.4) is 0 Å². The second-order valence-corrected chi connectivity index (χ2v) is 6.04. The van der Waals surface area contributed by atoms with E-state index in [0.717, 1.165) is 37.5 Å². The summed E-state index contributed by atoms with van der Waals surface area (Å²) in [4.78, 5) is 6.93. The topological polar surface area (TPSA) is 58.4 Å². The number of fused-ring (bicyclic) bond motifs is 1. The van der Waals surface area contributed by atoms with E-state index in [4.69, 9.17) is 0 Å². The summed E-state index contributed by atoms with van der Waals surface area (Å²) in [6, 6.07) is 11.0. The van der Waals surface area contributed by atoms with Gasteiger partial charge in [-0.25, -0.2) is 4.98 Å². The molecular formula is C17H20N6. The number of aromatic nitrogens is 4. The fourth-order valence-corrected chi connectivity index (χ4v) is 3.21. The number of piperidine rings is 1. The molecule has 23 heavy (non-hydrogen) atoms. The maximum Gasteiger partial charge on any atom is 0.203 e. The molecule has 0 unspecified atom stereocenters. The number of benzene rings is 1. The molecule has 1 saturated heterocycles. The normalized spacial score (nSPS) is 19.0. The first-order valence-electron chi connectivity index (χ1n) is 8.06. The molecule has 0 saturated carbocycles. The SMILES string of the molecule is c1ccc(CN2CCC[C@H](Nc3nccn4cnnc34)C2)cc1. The van der Waals surface area contributed by atoms with E-state index >= 15 is 0 Å². The molecule has 1 aromatic carbocycles. The molecule has 3 heterocycles. The summed E-state index contributed by atoms with van der Waals surface area (Å²) in [6.07, 6.45) is 7.69. The molecule has 0 aliphatic carbocycles. The van der Waals surface area contributed by atoms with Crippen LogP contribution in [0, 0.1) is 0 Å². The minimum atomic E-state index is 0.392. The second kappa shape index (κ2) is 6.34. The van der Waals surface area contributed by atoms with Gasteiger partial charge in [-0.05, 0) is 24.9 Å². The maximum absolute atomic E-state index is 4.43. The number of likely N-dealkylation sites (tertiary alicyclic amines) is 1. The Morgan fingerprint density at radius 2 is 2.13 bits per heavy atom. The van der Waals surface area contributed by atoms with Crippen LogP contribution in [-0.4, -0.2) is 43.6 Å². The van der Waals surface area contributed by atoms with Gasteiger partial charge in [0.1, 0.15) is 6.33 Å². The zero-order valence-corrected chi connectivity index (χ0v) is 13.0. The van der Waals surface area contributed by atoms with Gasteiger partial charge >= 0.3 is 0 Å². The summed E-state index contributed by atoms with van der Waals surface area (Å²) in [5, 5.41) is 11.6. The van der Waals surface area contributed by atoms with Crippen LogP contribution < -0.4 is 5.32 Å². The summed E-state index contributed by atoms with van der Waals surface area (Å²) < 4.78 is 1.89. The summed E-state index contributed by atoms with van der Waals surface area (Å²) in [5.74, 6) is 0.816. The van der Waals surface area contributed by atoms with Gasteiger partial charge in [0.05, 0.1) is 0 Å². The first-order chi connectivity index (χ1) is 11.4. The lowest BCUT2D eigenvalue weighted by molar-refractivity contribution is 0.208. The smallest absolute Gasteiger partial charge is 0.203 e. The molecule has 0 amide bonds. The van der Waals surface area contributed by atoms with E-state index in [-0.39, 0.29) is 0 Å². The van der Waals surface area contributed by atoms with Gasteiger partial charge in [-0.3, -0.25) is 9.30 Å². The Bertz CT molecular complexity index is 769. The Balaban J connectivity index is 1.44. The van der Waals surface area contributed by atoms with Crippen LogP contribution in [0.4, 0.5) is 5.82 Å². The van der Waals surface area contributed by atoms with Gasteiger partial charge < -0.3 is 5.32 Å². The van der Waals surface area contributed by atoms with Gasteiger partial charge in [-0.2, -0.15) is 0 Å². The van der Waals surface area contributed by atoms with Crippen molar-refractivity contribution >= 4 is 11.5 Å².